The summed E-state index contributed by atoms with van der Waals surface area (Å²) in [6.07, 6.45) is 3.42. The van der Waals surface area contributed by atoms with Gasteiger partial charge in [0.2, 0.25) is 5.78 Å². The SMILES string of the molecule is O=C1/C(=C/C2=NCc3ncccc32)Oc2c1ccc(O)c2CN1CCNCC1. The highest BCUT2D eigenvalue weighted by molar-refractivity contribution is 6.19. The number of carbonyl (C=O) groups is 1. The number of aliphatic imine (C=N–C) groups is 1. The van der Waals surface area contributed by atoms with Gasteiger partial charge in [0, 0.05) is 50.6 Å². The first-order chi connectivity index (χ1) is 13.7. The van der Waals surface area contributed by atoms with Crippen LogP contribution >= 0.6 is 0 Å². The molecule has 7 heteroatoms. The molecule has 0 unspecified atom stereocenters. The smallest absolute Gasteiger partial charge is 0.232 e. The average Bonchev–Trinajstić information content (AvgIpc) is 3.27. The average molecular weight is 376 g/mol. The van der Waals surface area contributed by atoms with Gasteiger partial charge in [-0.05, 0) is 24.3 Å². The lowest BCUT2D eigenvalue weighted by molar-refractivity contribution is 0.101. The zero-order valence-electron chi connectivity index (χ0n) is 15.3. The van der Waals surface area contributed by atoms with Crippen LogP contribution in [0.25, 0.3) is 0 Å². The number of piperazine rings is 1. The molecule has 0 saturated carbocycles. The Hall–Kier alpha value is -3.03. The Kier molecular flexibility index (Phi) is 4.18. The second-order valence-electron chi connectivity index (χ2n) is 7.10. The molecular formula is C21H20N4O3. The summed E-state index contributed by atoms with van der Waals surface area (Å²) in [7, 11) is 0. The summed E-state index contributed by atoms with van der Waals surface area (Å²) in [6, 6.07) is 7.00. The molecule has 0 atom stereocenters. The molecule has 0 bridgehead atoms. The second kappa shape index (κ2) is 6.85. The summed E-state index contributed by atoms with van der Waals surface area (Å²) >= 11 is 0. The number of hydrogen-bond donors (Lipinski definition) is 2. The number of nitrogens with one attached hydrogen (secondary N) is 1. The number of rotatable bonds is 3. The standard InChI is InChI=1S/C21H20N4O3/c26-18-4-3-14-20(27)19(10-16-13-2-1-5-23-17(13)11-24-16)28-21(14)15(18)12-25-8-6-22-7-9-25/h1-5,10,22,26H,6-9,11-12H2/b19-10-. The number of pyridine rings is 1. The number of hydrogen-bond acceptors (Lipinski definition) is 7. The summed E-state index contributed by atoms with van der Waals surface area (Å²) < 4.78 is 5.96. The van der Waals surface area contributed by atoms with Crippen molar-refractivity contribution in [3.8, 4) is 11.5 Å². The highest BCUT2D eigenvalue weighted by Crippen LogP contribution is 2.40. The van der Waals surface area contributed by atoms with E-state index in [-0.39, 0.29) is 17.3 Å². The third kappa shape index (κ3) is 2.89. The van der Waals surface area contributed by atoms with Gasteiger partial charge < -0.3 is 15.2 Å². The molecule has 5 rings (SSSR count). The zero-order chi connectivity index (χ0) is 19.1. The Balaban J connectivity index is 1.46. The molecule has 0 radical (unpaired) electrons. The third-order valence-electron chi connectivity index (χ3n) is 5.34. The van der Waals surface area contributed by atoms with E-state index in [1.807, 2.05) is 12.1 Å². The van der Waals surface area contributed by atoms with Crippen LogP contribution in [0.3, 0.4) is 0 Å². The van der Waals surface area contributed by atoms with Crippen LogP contribution in [0.4, 0.5) is 0 Å². The molecule has 0 spiro atoms. The summed E-state index contributed by atoms with van der Waals surface area (Å²) in [6.45, 7) is 4.65. The molecular weight excluding hydrogens is 356 g/mol. The van der Waals surface area contributed by atoms with Crippen LogP contribution in [0, 0.1) is 0 Å². The number of carbonyl (C=O) groups excluding carboxylic acids is 1. The topological polar surface area (TPSA) is 87.0 Å². The van der Waals surface area contributed by atoms with Crippen molar-refractivity contribution >= 4 is 11.5 Å². The molecule has 7 nitrogen and oxygen atoms in total. The Bertz CT molecular complexity index is 1020. The van der Waals surface area contributed by atoms with Crippen molar-refractivity contribution in [2.24, 2.45) is 4.99 Å². The van der Waals surface area contributed by atoms with E-state index in [0.717, 1.165) is 37.4 Å². The summed E-state index contributed by atoms with van der Waals surface area (Å²) in [4.78, 5) is 23.9. The minimum Gasteiger partial charge on any atom is -0.507 e. The summed E-state index contributed by atoms with van der Waals surface area (Å²) in [5, 5.41) is 13.7. The highest BCUT2D eigenvalue weighted by atomic mass is 16.5. The molecule has 2 N–H and O–H groups in total. The van der Waals surface area contributed by atoms with Gasteiger partial charge in [-0.2, -0.15) is 0 Å². The number of benzene rings is 1. The first kappa shape index (κ1) is 17.1. The van der Waals surface area contributed by atoms with Gasteiger partial charge in [0.25, 0.3) is 0 Å². The monoisotopic (exact) mass is 376 g/mol. The molecule has 28 heavy (non-hydrogen) atoms. The Morgan fingerprint density at radius 1 is 1.21 bits per heavy atom. The van der Waals surface area contributed by atoms with Gasteiger partial charge in [-0.25, -0.2) is 0 Å². The predicted molar refractivity (Wildman–Crippen MR) is 104 cm³/mol. The number of phenols is 1. The van der Waals surface area contributed by atoms with Gasteiger partial charge in [0.15, 0.2) is 5.76 Å². The minimum absolute atomic E-state index is 0.152. The van der Waals surface area contributed by atoms with Crippen LogP contribution in [-0.2, 0) is 13.1 Å². The minimum atomic E-state index is -0.184. The fourth-order valence-corrected chi connectivity index (χ4v) is 3.83. The molecule has 3 aliphatic heterocycles. The molecule has 1 aromatic heterocycles. The van der Waals surface area contributed by atoms with E-state index in [1.54, 1.807) is 24.4 Å². The third-order valence-corrected chi connectivity index (χ3v) is 5.34. The lowest BCUT2D eigenvalue weighted by Crippen LogP contribution is -2.42. The van der Waals surface area contributed by atoms with Crippen molar-refractivity contribution in [1.82, 2.24) is 15.2 Å². The van der Waals surface area contributed by atoms with E-state index < -0.39 is 0 Å². The van der Waals surface area contributed by atoms with Crippen LogP contribution in [0.15, 0.2) is 47.3 Å². The molecule has 0 amide bonds. The number of ketones is 1. The molecule has 0 aliphatic carbocycles. The molecule has 2 aromatic rings. The molecule has 1 fully saturated rings. The van der Waals surface area contributed by atoms with Crippen LogP contribution in [0.2, 0.25) is 0 Å². The van der Waals surface area contributed by atoms with E-state index in [1.165, 1.54) is 0 Å². The van der Waals surface area contributed by atoms with E-state index in [4.69, 9.17) is 4.74 Å². The quantitative estimate of drug-likeness (QED) is 0.793. The van der Waals surface area contributed by atoms with E-state index in [0.29, 0.717) is 35.7 Å². The van der Waals surface area contributed by atoms with Crippen molar-refractivity contribution < 1.29 is 14.6 Å². The first-order valence-corrected chi connectivity index (χ1v) is 9.41. The Labute approximate surface area is 162 Å². The number of Topliss-reactive ketones (excluding diaryl/α,β-unsaturated/α-hetero) is 1. The first-order valence-electron chi connectivity index (χ1n) is 9.41. The lowest BCUT2D eigenvalue weighted by atomic mass is 10.0. The molecule has 142 valence electrons. The van der Waals surface area contributed by atoms with Gasteiger partial charge in [-0.3, -0.25) is 19.7 Å². The fourth-order valence-electron chi connectivity index (χ4n) is 3.83. The van der Waals surface area contributed by atoms with Crippen molar-refractivity contribution in [2.75, 3.05) is 26.2 Å². The summed E-state index contributed by atoms with van der Waals surface area (Å²) in [5.74, 6) is 0.660. The number of fused-ring (bicyclic) bond motifs is 2. The van der Waals surface area contributed by atoms with Crippen LogP contribution < -0.4 is 10.1 Å². The Morgan fingerprint density at radius 2 is 2.07 bits per heavy atom. The molecule has 3 aliphatic rings. The maximum absolute atomic E-state index is 12.9. The van der Waals surface area contributed by atoms with Gasteiger partial charge in [-0.15, -0.1) is 0 Å². The van der Waals surface area contributed by atoms with E-state index in [2.05, 4.69) is 20.2 Å². The van der Waals surface area contributed by atoms with Gasteiger partial charge >= 0.3 is 0 Å². The number of allylic oxidation sites excluding steroid dienone is 2. The maximum atomic E-state index is 12.9. The van der Waals surface area contributed by atoms with Crippen molar-refractivity contribution in [1.29, 1.82) is 0 Å². The number of nitrogens with zero attached hydrogens (tertiary/aromatic N) is 3. The van der Waals surface area contributed by atoms with Crippen molar-refractivity contribution in [3.63, 3.8) is 0 Å². The number of aromatic nitrogens is 1. The van der Waals surface area contributed by atoms with Gasteiger partial charge in [0.1, 0.15) is 11.5 Å². The van der Waals surface area contributed by atoms with Crippen molar-refractivity contribution in [2.45, 2.75) is 13.1 Å². The lowest BCUT2D eigenvalue weighted by Gasteiger charge is -2.27. The van der Waals surface area contributed by atoms with E-state index in [9.17, 15) is 9.90 Å². The summed E-state index contributed by atoms with van der Waals surface area (Å²) in [5.41, 5.74) is 3.67. The van der Waals surface area contributed by atoms with Crippen LogP contribution in [0.5, 0.6) is 11.5 Å². The normalized spacial score (nSPS) is 20.1. The molecule has 4 heterocycles. The van der Waals surface area contributed by atoms with E-state index >= 15 is 0 Å². The Morgan fingerprint density at radius 3 is 2.93 bits per heavy atom. The fraction of sp³-hybridized carbons (Fsp3) is 0.286. The molecule has 1 saturated heterocycles. The number of aromatic hydroxyl groups is 1. The molecule has 1 aromatic carbocycles. The number of phenolic OH excluding ortho intramolecular Hbond substituents is 1. The largest absolute Gasteiger partial charge is 0.507 e. The predicted octanol–water partition coefficient (Wildman–Crippen LogP) is 1.65. The van der Waals surface area contributed by atoms with Crippen LogP contribution in [-0.4, -0.2) is 52.7 Å². The van der Waals surface area contributed by atoms with Gasteiger partial charge in [-0.1, -0.05) is 0 Å². The van der Waals surface area contributed by atoms with Gasteiger partial charge in [0.05, 0.1) is 29.1 Å². The van der Waals surface area contributed by atoms with Crippen molar-refractivity contribution in [3.05, 3.63) is 64.7 Å². The second-order valence-corrected chi connectivity index (χ2v) is 7.10. The highest BCUT2D eigenvalue weighted by Gasteiger charge is 2.32. The zero-order valence-corrected chi connectivity index (χ0v) is 15.3. The maximum Gasteiger partial charge on any atom is 0.232 e. The van der Waals surface area contributed by atoms with Crippen LogP contribution in [0.1, 0.15) is 27.2 Å². The number of ether oxygens (including phenoxy) is 1.